The summed E-state index contributed by atoms with van der Waals surface area (Å²) in [5.41, 5.74) is 2.19. The molecule has 3 rings (SSSR count). The van der Waals surface area contributed by atoms with E-state index in [1.54, 1.807) is 0 Å². The van der Waals surface area contributed by atoms with Crippen LogP contribution in [0.2, 0.25) is 0 Å². The number of nitrogens with one attached hydrogen (secondary N) is 2. The van der Waals surface area contributed by atoms with E-state index >= 15 is 0 Å². The number of hydrogen-bond donors (Lipinski definition) is 2. The van der Waals surface area contributed by atoms with E-state index < -0.39 is 0 Å². The number of H-pyrrole nitrogens is 1. The van der Waals surface area contributed by atoms with Crippen LogP contribution in [0.5, 0.6) is 0 Å². The van der Waals surface area contributed by atoms with Crippen molar-refractivity contribution in [2.24, 2.45) is 0 Å². The molecule has 2 aromatic rings. The zero-order valence-electron chi connectivity index (χ0n) is 11.1. The summed E-state index contributed by atoms with van der Waals surface area (Å²) in [4.78, 5) is 17.6. The van der Waals surface area contributed by atoms with Gasteiger partial charge >= 0.3 is 0 Å². The first-order chi connectivity index (χ1) is 9.25. The lowest BCUT2D eigenvalue weighted by Crippen LogP contribution is -2.52. The second-order valence-corrected chi connectivity index (χ2v) is 5.18. The van der Waals surface area contributed by atoms with Crippen molar-refractivity contribution in [1.82, 2.24) is 15.2 Å². The minimum absolute atomic E-state index is 0.221. The third-order valence-electron chi connectivity index (χ3n) is 3.84. The van der Waals surface area contributed by atoms with Gasteiger partial charge in [0.25, 0.3) is 0 Å². The van der Waals surface area contributed by atoms with Gasteiger partial charge in [0.2, 0.25) is 5.91 Å². The Balaban J connectivity index is 1.79. The van der Waals surface area contributed by atoms with E-state index in [0.29, 0.717) is 6.42 Å². The normalized spacial score (nSPS) is 19.8. The molecule has 1 aliphatic heterocycles. The number of rotatable bonds is 2. The van der Waals surface area contributed by atoms with Crippen molar-refractivity contribution in [2.45, 2.75) is 19.4 Å². The van der Waals surface area contributed by atoms with Crippen LogP contribution in [0.3, 0.4) is 0 Å². The van der Waals surface area contributed by atoms with Gasteiger partial charge in [-0.15, -0.1) is 0 Å². The monoisotopic (exact) mass is 257 g/mol. The maximum absolute atomic E-state index is 12.4. The molecule has 1 amide bonds. The standard InChI is InChI=1S/C15H19N3O/c1-11-9-16-6-7-18(11)15(19)8-12-10-17-14-5-3-2-4-13(12)14/h2-5,10-11,16-17H,6-9H2,1H3. The van der Waals surface area contributed by atoms with Gasteiger partial charge in [0.15, 0.2) is 0 Å². The summed E-state index contributed by atoms with van der Waals surface area (Å²) in [6, 6.07) is 8.40. The van der Waals surface area contributed by atoms with Gasteiger partial charge in [-0.25, -0.2) is 0 Å². The predicted molar refractivity (Wildman–Crippen MR) is 76.0 cm³/mol. The molecule has 0 aliphatic carbocycles. The quantitative estimate of drug-likeness (QED) is 0.857. The molecule has 1 unspecified atom stereocenters. The average Bonchev–Trinajstić information content (AvgIpc) is 2.83. The van der Waals surface area contributed by atoms with Crippen molar-refractivity contribution < 1.29 is 4.79 Å². The van der Waals surface area contributed by atoms with E-state index in [0.717, 1.165) is 36.1 Å². The lowest BCUT2D eigenvalue weighted by atomic mass is 10.1. The Morgan fingerprint density at radius 1 is 1.42 bits per heavy atom. The van der Waals surface area contributed by atoms with Crippen molar-refractivity contribution in [3.63, 3.8) is 0 Å². The zero-order chi connectivity index (χ0) is 13.2. The molecule has 1 aromatic heterocycles. The van der Waals surface area contributed by atoms with Crippen LogP contribution in [-0.4, -0.2) is 41.5 Å². The van der Waals surface area contributed by atoms with Crippen LogP contribution >= 0.6 is 0 Å². The van der Waals surface area contributed by atoms with Crippen LogP contribution in [-0.2, 0) is 11.2 Å². The summed E-state index contributed by atoms with van der Waals surface area (Å²) in [6.07, 6.45) is 2.43. The maximum Gasteiger partial charge on any atom is 0.227 e. The number of aromatic amines is 1. The first kappa shape index (κ1) is 12.2. The van der Waals surface area contributed by atoms with Crippen LogP contribution < -0.4 is 5.32 Å². The Morgan fingerprint density at radius 2 is 2.26 bits per heavy atom. The molecule has 4 heteroatoms. The Hall–Kier alpha value is -1.81. The largest absolute Gasteiger partial charge is 0.361 e. The topological polar surface area (TPSA) is 48.1 Å². The van der Waals surface area contributed by atoms with E-state index in [1.807, 2.05) is 29.3 Å². The summed E-state index contributed by atoms with van der Waals surface area (Å²) in [5, 5.41) is 4.46. The highest BCUT2D eigenvalue weighted by Gasteiger charge is 2.23. The van der Waals surface area contributed by atoms with E-state index in [9.17, 15) is 4.79 Å². The van der Waals surface area contributed by atoms with Gasteiger partial charge in [0, 0.05) is 42.8 Å². The number of nitrogens with zero attached hydrogens (tertiary/aromatic N) is 1. The third-order valence-corrected chi connectivity index (χ3v) is 3.84. The van der Waals surface area contributed by atoms with E-state index in [2.05, 4.69) is 23.3 Å². The highest BCUT2D eigenvalue weighted by Crippen LogP contribution is 2.19. The predicted octanol–water partition coefficient (Wildman–Crippen LogP) is 1.53. The molecule has 0 radical (unpaired) electrons. The fourth-order valence-electron chi connectivity index (χ4n) is 2.75. The van der Waals surface area contributed by atoms with Crippen molar-refractivity contribution in [2.75, 3.05) is 19.6 Å². The summed E-state index contributed by atoms with van der Waals surface area (Å²) in [5.74, 6) is 0.221. The van der Waals surface area contributed by atoms with Gasteiger partial charge in [-0.2, -0.15) is 0 Å². The minimum Gasteiger partial charge on any atom is -0.361 e. The maximum atomic E-state index is 12.4. The molecular formula is C15H19N3O. The number of piperazine rings is 1. The van der Waals surface area contributed by atoms with Crippen LogP contribution in [0.15, 0.2) is 30.5 Å². The molecule has 1 fully saturated rings. The van der Waals surface area contributed by atoms with Crippen LogP contribution in [0, 0.1) is 0 Å². The van der Waals surface area contributed by atoms with Crippen molar-refractivity contribution in [3.05, 3.63) is 36.0 Å². The lowest BCUT2D eigenvalue weighted by Gasteiger charge is -2.34. The molecule has 2 heterocycles. The van der Waals surface area contributed by atoms with E-state index in [1.165, 1.54) is 0 Å². The number of benzene rings is 1. The molecule has 0 bridgehead atoms. The highest BCUT2D eigenvalue weighted by molar-refractivity contribution is 5.89. The first-order valence-electron chi connectivity index (χ1n) is 6.81. The minimum atomic E-state index is 0.221. The van der Waals surface area contributed by atoms with E-state index in [-0.39, 0.29) is 11.9 Å². The van der Waals surface area contributed by atoms with Crippen LogP contribution in [0.1, 0.15) is 12.5 Å². The number of carbonyl (C=O) groups excluding carboxylic acids is 1. The molecule has 4 nitrogen and oxygen atoms in total. The van der Waals surface area contributed by atoms with Gasteiger partial charge in [-0.1, -0.05) is 18.2 Å². The zero-order valence-corrected chi connectivity index (χ0v) is 11.1. The number of fused-ring (bicyclic) bond motifs is 1. The second-order valence-electron chi connectivity index (χ2n) is 5.18. The van der Waals surface area contributed by atoms with Gasteiger partial charge < -0.3 is 15.2 Å². The van der Waals surface area contributed by atoms with Crippen LogP contribution in [0.25, 0.3) is 10.9 Å². The summed E-state index contributed by atoms with van der Waals surface area (Å²) >= 11 is 0. The van der Waals surface area contributed by atoms with Crippen LogP contribution in [0.4, 0.5) is 0 Å². The molecule has 0 spiro atoms. The molecule has 0 saturated carbocycles. The molecule has 1 aliphatic rings. The Morgan fingerprint density at radius 3 is 3.11 bits per heavy atom. The highest BCUT2D eigenvalue weighted by atomic mass is 16.2. The molecule has 1 saturated heterocycles. The van der Waals surface area contributed by atoms with Crippen molar-refractivity contribution in [1.29, 1.82) is 0 Å². The smallest absolute Gasteiger partial charge is 0.227 e. The number of amides is 1. The molecule has 1 atom stereocenters. The summed E-state index contributed by atoms with van der Waals surface area (Å²) in [7, 11) is 0. The fourth-order valence-corrected chi connectivity index (χ4v) is 2.75. The number of para-hydroxylation sites is 1. The number of aromatic nitrogens is 1. The van der Waals surface area contributed by atoms with Crippen molar-refractivity contribution >= 4 is 16.8 Å². The Bertz CT molecular complexity index is 590. The SMILES string of the molecule is CC1CNCCN1C(=O)Cc1c[nH]c2ccccc12. The molecule has 19 heavy (non-hydrogen) atoms. The third kappa shape index (κ3) is 2.36. The summed E-state index contributed by atoms with van der Waals surface area (Å²) in [6.45, 7) is 4.69. The second kappa shape index (κ2) is 5.05. The molecule has 1 aromatic carbocycles. The Labute approximate surface area is 112 Å². The lowest BCUT2D eigenvalue weighted by molar-refractivity contribution is -0.133. The van der Waals surface area contributed by atoms with Crippen molar-refractivity contribution in [3.8, 4) is 0 Å². The van der Waals surface area contributed by atoms with E-state index in [4.69, 9.17) is 0 Å². The molecule has 2 N–H and O–H groups in total. The number of carbonyl (C=O) groups is 1. The van der Waals surface area contributed by atoms with Gasteiger partial charge in [0.05, 0.1) is 6.42 Å². The Kier molecular flexibility index (Phi) is 3.25. The first-order valence-corrected chi connectivity index (χ1v) is 6.81. The van der Waals surface area contributed by atoms with Gasteiger partial charge in [0.1, 0.15) is 0 Å². The molecular weight excluding hydrogens is 238 g/mol. The average molecular weight is 257 g/mol. The van der Waals surface area contributed by atoms with Gasteiger partial charge in [-0.3, -0.25) is 4.79 Å². The van der Waals surface area contributed by atoms with Gasteiger partial charge in [-0.05, 0) is 18.6 Å². The fraction of sp³-hybridized carbons (Fsp3) is 0.400. The number of hydrogen-bond acceptors (Lipinski definition) is 2. The summed E-state index contributed by atoms with van der Waals surface area (Å²) < 4.78 is 0. The molecule has 100 valence electrons.